The zero-order valence-electron chi connectivity index (χ0n) is 10.5. The van der Waals surface area contributed by atoms with Crippen LogP contribution >= 0.6 is 22.9 Å². The van der Waals surface area contributed by atoms with Crippen molar-refractivity contribution in [1.29, 1.82) is 0 Å². The number of nitrogens with zero attached hydrogens (tertiary/aromatic N) is 2. The summed E-state index contributed by atoms with van der Waals surface area (Å²) in [5.41, 5.74) is 0.865. The molecule has 0 atom stereocenters. The van der Waals surface area contributed by atoms with Crippen molar-refractivity contribution in [3.63, 3.8) is 0 Å². The molecule has 1 amide bonds. The van der Waals surface area contributed by atoms with Gasteiger partial charge in [-0.05, 0) is 23.6 Å². The molecule has 0 aliphatic rings. The van der Waals surface area contributed by atoms with Gasteiger partial charge in [0.15, 0.2) is 0 Å². The summed E-state index contributed by atoms with van der Waals surface area (Å²) in [6.07, 6.45) is 1.68. The summed E-state index contributed by atoms with van der Waals surface area (Å²) >= 11 is 7.71. The smallest absolute Gasteiger partial charge is 0.242 e. The number of aromatic nitrogens is 2. The summed E-state index contributed by atoms with van der Waals surface area (Å²) in [7, 11) is 0. The molecule has 0 radical (unpaired) electrons. The second kappa shape index (κ2) is 5.64. The van der Waals surface area contributed by atoms with Crippen LogP contribution in [0.4, 0.5) is 0 Å². The van der Waals surface area contributed by atoms with Crippen LogP contribution in [0.15, 0.2) is 41.9 Å². The summed E-state index contributed by atoms with van der Waals surface area (Å²) in [6.45, 7) is 0.742. The van der Waals surface area contributed by atoms with Gasteiger partial charge in [0.05, 0.1) is 23.3 Å². The maximum absolute atomic E-state index is 11.9. The first-order valence-electron chi connectivity index (χ1n) is 6.13. The number of carbonyl (C=O) groups excluding carboxylic acids is 1. The number of hydrogen-bond acceptors (Lipinski definition) is 3. The molecule has 1 aromatic carbocycles. The minimum atomic E-state index is -0.0663. The van der Waals surface area contributed by atoms with Crippen LogP contribution in [0.5, 0.6) is 0 Å². The number of carbonyl (C=O) groups is 1. The fraction of sp³-hybridized carbons (Fsp3) is 0.143. The molecule has 0 saturated heterocycles. The molecule has 0 saturated carbocycles. The van der Waals surface area contributed by atoms with Crippen LogP contribution in [-0.4, -0.2) is 15.7 Å². The topological polar surface area (TPSA) is 46.9 Å². The number of rotatable bonds is 4. The van der Waals surface area contributed by atoms with Crippen LogP contribution < -0.4 is 5.32 Å². The maximum Gasteiger partial charge on any atom is 0.242 e. The van der Waals surface area contributed by atoms with Gasteiger partial charge in [-0.3, -0.25) is 9.48 Å². The predicted molar refractivity (Wildman–Crippen MR) is 80.9 cm³/mol. The molecule has 0 spiro atoms. The van der Waals surface area contributed by atoms with Gasteiger partial charge >= 0.3 is 0 Å². The van der Waals surface area contributed by atoms with E-state index in [4.69, 9.17) is 11.6 Å². The molecule has 20 heavy (non-hydrogen) atoms. The molecular formula is C14H12ClN3OS. The minimum Gasteiger partial charge on any atom is -0.350 e. The van der Waals surface area contributed by atoms with Crippen molar-refractivity contribution < 1.29 is 4.79 Å². The summed E-state index contributed by atoms with van der Waals surface area (Å²) in [6, 6.07) is 9.53. The monoisotopic (exact) mass is 305 g/mol. The van der Waals surface area contributed by atoms with E-state index in [9.17, 15) is 4.79 Å². The first-order chi connectivity index (χ1) is 9.74. The van der Waals surface area contributed by atoms with Crippen molar-refractivity contribution in [2.45, 2.75) is 13.1 Å². The van der Waals surface area contributed by atoms with Gasteiger partial charge in [0.1, 0.15) is 6.54 Å². The molecule has 0 bridgehead atoms. The highest BCUT2D eigenvalue weighted by Gasteiger charge is 2.09. The average molecular weight is 306 g/mol. The number of thiophene rings is 1. The molecule has 3 rings (SSSR count). The summed E-state index contributed by atoms with van der Waals surface area (Å²) in [4.78, 5) is 13.1. The molecule has 3 aromatic rings. The van der Waals surface area contributed by atoms with Crippen molar-refractivity contribution >= 4 is 39.7 Å². The Balaban J connectivity index is 1.70. The lowest BCUT2D eigenvalue weighted by Crippen LogP contribution is -2.27. The normalized spacial score (nSPS) is 10.8. The summed E-state index contributed by atoms with van der Waals surface area (Å²) < 4.78 is 1.66. The second-order valence-electron chi connectivity index (χ2n) is 4.33. The molecule has 0 unspecified atom stereocenters. The van der Waals surface area contributed by atoms with Crippen LogP contribution in [0, 0.1) is 0 Å². The average Bonchev–Trinajstić information content (AvgIpc) is 3.07. The Bertz CT molecular complexity index is 736. The van der Waals surface area contributed by atoms with Crippen molar-refractivity contribution in [3.8, 4) is 0 Å². The highest BCUT2D eigenvalue weighted by Crippen LogP contribution is 2.22. The van der Waals surface area contributed by atoms with Gasteiger partial charge in [-0.2, -0.15) is 5.10 Å². The molecule has 0 aliphatic heterocycles. The number of nitrogens with one attached hydrogen (secondary N) is 1. The van der Waals surface area contributed by atoms with Gasteiger partial charge in [-0.15, -0.1) is 11.3 Å². The fourth-order valence-corrected chi connectivity index (χ4v) is 2.85. The molecule has 0 aliphatic carbocycles. The maximum atomic E-state index is 11.9. The molecule has 1 N–H and O–H groups in total. The molecule has 102 valence electrons. The third-order valence-corrected chi connectivity index (χ3v) is 4.17. The molecule has 4 nitrogen and oxygen atoms in total. The highest BCUT2D eigenvalue weighted by molar-refractivity contribution is 7.09. The lowest BCUT2D eigenvalue weighted by Gasteiger charge is -2.05. The van der Waals surface area contributed by atoms with E-state index < -0.39 is 0 Å². The van der Waals surface area contributed by atoms with Gasteiger partial charge in [-0.25, -0.2) is 0 Å². The Morgan fingerprint density at radius 1 is 1.35 bits per heavy atom. The van der Waals surface area contributed by atoms with Crippen LogP contribution in [-0.2, 0) is 17.9 Å². The van der Waals surface area contributed by atoms with E-state index in [-0.39, 0.29) is 12.5 Å². The van der Waals surface area contributed by atoms with Crippen LogP contribution in [0.3, 0.4) is 0 Å². The summed E-state index contributed by atoms with van der Waals surface area (Å²) in [5, 5.41) is 10.6. The van der Waals surface area contributed by atoms with E-state index in [2.05, 4.69) is 10.4 Å². The Kier molecular flexibility index (Phi) is 3.71. The highest BCUT2D eigenvalue weighted by atomic mass is 35.5. The number of fused-ring (bicyclic) bond motifs is 1. The van der Waals surface area contributed by atoms with Gasteiger partial charge < -0.3 is 5.32 Å². The Labute approximate surface area is 125 Å². The summed E-state index contributed by atoms with van der Waals surface area (Å²) in [5.74, 6) is -0.0663. The van der Waals surface area contributed by atoms with Gasteiger partial charge in [0.2, 0.25) is 5.91 Å². The van der Waals surface area contributed by atoms with E-state index in [1.807, 2.05) is 35.7 Å². The van der Waals surface area contributed by atoms with Crippen LogP contribution in [0.1, 0.15) is 4.88 Å². The van der Waals surface area contributed by atoms with Crippen molar-refractivity contribution in [2.24, 2.45) is 0 Å². The first kappa shape index (κ1) is 13.1. The largest absolute Gasteiger partial charge is 0.350 e. The Hall–Kier alpha value is -1.85. The minimum absolute atomic E-state index is 0.0663. The van der Waals surface area contributed by atoms with Crippen molar-refractivity contribution in [2.75, 3.05) is 0 Å². The quantitative estimate of drug-likeness (QED) is 0.805. The SMILES string of the molecule is O=C(Cn1ncc2c(Cl)cccc21)NCc1cccs1. The number of benzene rings is 1. The third-order valence-electron chi connectivity index (χ3n) is 2.97. The molecule has 2 aromatic heterocycles. The van der Waals surface area contributed by atoms with Crippen molar-refractivity contribution in [1.82, 2.24) is 15.1 Å². The van der Waals surface area contributed by atoms with E-state index in [1.165, 1.54) is 0 Å². The van der Waals surface area contributed by atoms with Gasteiger partial charge in [-0.1, -0.05) is 23.7 Å². The lowest BCUT2D eigenvalue weighted by molar-refractivity contribution is -0.121. The lowest BCUT2D eigenvalue weighted by atomic mass is 10.2. The Morgan fingerprint density at radius 2 is 2.25 bits per heavy atom. The molecular weight excluding hydrogens is 294 g/mol. The third kappa shape index (κ3) is 2.69. The van der Waals surface area contributed by atoms with E-state index in [0.717, 1.165) is 15.8 Å². The van der Waals surface area contributed by atoms with Gasteiger partial charge in [0.25, 0.3) is 0 Å². The van der Waals surface area contributed by atoms with Crippen molar-refractivity contribution in [3.05, 3.63) is 51.8 Å². The van der Waals surface area contributed by atoms with Gasteiger partial charge in [0, 0.05) is 10.3 Å². The van der Waals surface area contributed by atoms with E-state index >= 15 is 0 Å². The number of amides is 1. The standard InChI is InChI=1S/C14H12ClN3OS/c15-12-4-1-5-13-11(12)8-17-18(13)9-14(19)16-7-10-3-2-6-20-10/h1-6,8H,7,9H2,(H,16,19). The number of hydrogen-bond donors (Lipinski definition) is 1. The number of halogens is 1. The molecule has 6 heteroatoms. The first-order valence-corrected chi connectivity index (χ1v) is 7.39. The zero-order valence-corrected chi connectivity index (χ0v) is 12.1. The Morgan fingerprint density at radius 3 is 3.05 bits per heavy atom. The molecule has 0 fully saturated rings. The zero-order chi connectivity index (χ0) is 13.9. The predicted octanol–water partition coefficient (Wildman–Crippen LogP) is 3.07. The van der Waals surface area contributed by atoms with E-state index in [0.29, 0.717) is 11.6 Å². The van der Waals surface area contributed by atoms with Crippen LogP contribution in [0.2, 0.25) is 5.02 Å². The fourth-order valence-electron chi connectivity index (χ4n) is 1.98. The van der Waals surface area contributed by atoms with E-state index in [1.54, 1.807) is 22.2 Å². The second-order valence-corrected chi connectivity index (χ2v) is 5.77. The molecule has 2 heterocycles. The van der Waals surface area contributed by atoms with Crippen LogP contribution in [0.25, 0.3) is 10.9 Å².